The largest absolute Gasteiger partial charge is 0.495 e. The summed E-state index contributed by atoms with van der Waals surface area (Å²) in [6.45, 7) is 0. The van der Waals surface area contributed by atoms with E-state index in [-0.39, 0.29) is 11.6 Å². The predicted octanol–water partition coefficient (Wildman–Crippen LogP) is 4.16. The molecule has 3 aromatic rings. The van der Waals surface area contributed by atoms with Crippen molar-refractivity contribution < 1.29 is 9.53 Å². The van der Waals surface area contributed by atoms with E-state index in [0.29, 0.717) is 22.4 Å². The zero-order chi connectivity index (χ0) is 18.5. The lowest BCUT2D eigenvalue weighted by atomic mass is 10.2. The number of hydrogen-bond acceptors (Lipinski definition) is 5. The van der Waals surface area contributed by atoms with Crippen LogP contribution in [-0.4, -0.2) is 30.0 Å². The van der Waals surface area contributed by atoms with Gasteiger partial charge in [-0.05, 0) is 36.4 Å². The summed E-state index contributed by atoms with van der Waals surface area (Å²) < 4.78 is 5.13. The van der Waals surface area contributed by atoms with Crippen LogP contribution in [0.3, 0.4) is 0 Å². The summed E-state index contributed by atoms with van der Waals surface area (Å²) in [6, 6.07) is 16.2. The van der Waals surface area contributed by atoms with Gasteiger partial charge in [-0.1, -0.05) is 29.8 Å². The van der Waals surface area contributed by atoms with Crippen LogP contribution < -0.4 is 15.0 Å². The van der Waals surface area contributed by atoms with Gasteiger partial charge in [-0.25, -0.2) is 9.97 Å². The van der Waals surface area contributed by atoms with E-state index >= 15 is 0 Å². The Bertz CT molecular complexity index is 918. The van der Waals surface area contributed by atoms with Crippen molar-refractivity contribution in [1.29, 1.82) is 0 Å². The number of ether oxygens (including phenoxy) is 1. The Labute approximate surface area is 156 Å². The van der Waals surface area contributed by atoms with Crippen LogP contribution in [0.1, 0.15) is 10.5 Å². The number of nitrogens with zero attached hydrogens (tertiary/aromatic N) is 3. The quantitative estimate of drug-likeness (QED) is 0.732. The molecule has 2 aromatic carbocycles. The lowest BCUT2D eigenvalue weighted by Crippen LogP contribution is -2.27. The first-order chi connectivity index (χ1) is 12.6. The van der Waals surface area contributed by atoms with Gasteiger partial charge in [-0.2, -0.15) is 0 Å². The first-order valence-corrected chi connectivity index (χ1v) is 8.23. The molecule has 0 aliphatic carbocycles. The molecule has 1 amide bonds. The fraction of sp³-hybridized carbons (Fsp3) is 0.105. The van der Waals surface area contributed by atoms with Crippen LogP contribution >= 0.6 is 11.6 Å². The molecule has 1 N–H and O–H groups in total. The second-order valence-electron chi connectivity index (χ2n) is 5.44. The summed E-state index contributed by atoms with van der Waals surface area (Å²) in [5, 5.41) is 3.50. The van der Waals surface area contributed by atoms with Gasteiger partial charge in [-0.3, -0.25) is 4.79 Å². The minimum Gasteiger partial charge on any atom is -0.495 e. The second kappa shape index (κ2) is 7.84. The molecule has 26 heavy (non-hydrogen) atoms. The van der Waals surface area contributed by atoms with Crippen LogP contribution in [0.25, 0.3) is 0 Å². The van der Waals surface area contributed by atoms with E-state index < -0.39 is 0 Å². The summed E-state index contributed by atoms with van der Waals surface area (Å²) >= 11 is 6.12. The molecule has 0 unspecified atom stereocenters. The molecule has 0 aliphatic heterocycles. The average Bonchev–Trinajstić information content (AvgIpc) is 2.68. The number of anilines is 3. The molecular formula is C19H17ClN4O2. The Morgan fingerprint density at radius 3 is 2.62 bits per heavy atom. The number of benzene rings is 2. The van der Waals surface area contributed by atoms with Gasteiger partial charge in [0.1, 0.15) is 11.4 Å². The monoisotopic (exact) mass is 368 g/mol. The molecule has 0 fully saturated rings. The zero-order valence-corrected chi connectivity index (χ0v) is 15.1. The molecule has 0 saturated carbocycles. The number of carbonyl (C=O) groups is 1. The summed E-state index contributed by atoms with van der Waals surface area (Å²) in [5.41, 5.74) is 1.76. The molecule has 0 atom stereocenters. The Kier molecular flexibility index (Phi) is 5.34. The highest BCUT2D eigenvalue weighted by atomic mass is 35.5. The summed E-state index contributed by atoms with van der Waals surface area (Å²) in [7, 11) is 3.26. The van der Waals surface area contributed by atoms with E-state index in [9.17, 15) is 4.79 Å². The van der Waals surface area contributed by atoms with Crippen molar-refractivity contribution in [3.05, 3.63) is 71.5 Å². The van der Waals surface area contributed by atoms with Crippen molar-refractivity contribution in [2.24, 2.45) is 0 Å². The first kappa shape index (κ1) is 17.7. The molecule has 7 heteroatoms. The highest BCUT2D eigenvalue weighted by molar-refractivity contribution is 6.32. The fourth-order valence-corrected chi connectivity index (χ4v) is 2.61. The Balaban J connectivity index is 1.80. The minimum absolute atomic E-state index is 0.227. The van der Waals surface area contributed by atoms with Gasteiger partial charge in [0.05, 0.1) is 12.1 Å². The van der Waals surface area contributed by atoms with E-state index in [4.69, 9.17) is 16.3 Å². The molecule has 0 radical (unpaired) electrons. The number of aromatic nitrogens is 2. The third kappa shape index (κ3) is 3.92. The van der Waals surface area contributed by atoms with Crippen LogP contribution in [0.5, 0.6) is 5.75 Å². The van der Waals surface area contributed by atoms with E-state index in [1.54, 1.807) is 38.4 Å². The maximum atomic E-state index is 12.7. The van der Waals surface area contributed by atoms with Crippen molar-refractivity contribution >= 4 is 34.8 Å². The van der Waals surface area contributed by atoms with Crippen molar-refractivity contribution in [2.75, 3.05) is 24.4 Å². The van der Waals surface area contributed by atoms with Crippen LogP contribution in [0.15, 0.2) is 60.8 Å². The number of para-hydroxylation sites is 1. The Morgan fingerprint density at radius 2 is 1.92 bits per heavy atom. The molecular weight excluding hydrogens is 352 g/mol. The number of hydrogen-bond donors (Lipinski definition) is 1. The minimum atomic E-state index is -0.227. The van der Waals surface area contributed by atoms with E-state index in [1.165, 1.54) is 11.1 Å². The third-order valence-electron chi connectivity index (χ3n) is 3.73. The summed E-state index contributed by atoms with van der Waals surface area (Å²) in [4.78, 5) is 22.6. The zero-order valence-electron chi connectivity index (χ0n) is 14.3. The van der Waals surface area contributed by atoms with Gasteiger partial charge in [0.2, 0.25) is 5.95 Å². The molecule has 132 valence electrons. The molecule has 3 rings (SSSR count). The van der Waals surface area contributed by atoms with Crippen molar-refractivity contribution in [3.63, 3.8) is 0 Å². The summed E-state index contributed by atoms with van der Waals surface area (Å²) in [6.07, 6.45) is 1.53. The number of nitrogens with one attached hydrogen (secondary N) is 1. The normalized spacial score (nSPS) is 10.3. The van der Waals surface area contributed by atoms with Crippen LogP contribution in [0.2, 0.25) is 5.02 Å². The lowest BCUT2D eigenvalue weighted by Gasteiger charge is -2.17. The standard InChI is InChI=1S/C19H17ClN4O2/c1-24(14-6-4-3-5-7-14)18(25)16-10-11-21-19(23-16)22-13-8-9-17(26-2)15(20)12-13/h3-12H,1-2H3,(H,21,22,23). The maximum absolute atomic E-state index is 12.7. The van der Waals surface area contributed by atoms with Crippen molar-refractivity contribution in [3.8, 4) is 5.75 Å². The summed E-state index contributed by atoms with van der Waals surface area (Å²) in [5.74, 6) is 0.652. The molecule has 0 bridgehead atoms. The van der Waals surface area contributed by atoms with Crippen LogP contribution in [0, 0.1) is 0 Å². The van der Waals surface area contributed by atoms with Gasteiger partial charge in [0, 0.05) is 24.6 Å². The molecule has 0 saturated heterocycles. The Morgan fingerprint density at radius 1 is 1.15 bits per heavy atom. The van der Waals surface area contributed by atoms with E-state index in [0.717, 1.165) is 5.69 Å². The fourth-order valence-electron chi connectivity index (χ4n) is 2.35. The number of halogens is 1. The average molecular weight is 369 g/mol. The van der Waals surface area contributed by atoms with Crippen LogP contribution in [-0.2, 0) is 0 Å². The highest BCUT2D eigenvalue weighted by Gasteiger charge is 2.15. The maximum Gasteiger partial charge on any atom is 0.276 e. The number of carbonyl (C=O) groups excluding carboxylic acids is 1. The van der Waals surface area contributed by atoms with Gasteiger partial charge < -0.3 is 15.0 Å². The molecule has 0 spiro atoms. The number of rotatable bonds is 5. The molecule has 0 aliphatic rings. The molecule has 1 heterocycles. The van der Waals surface area contributed by atoms with Gasteiger partial charge in [0.15, 0.2) is 0 Å². The topological polar surface area (TPSA) is 67.3 Å². The van der Waals surface area contributed by atoms with E-state index in [2.05, 4.69) is 15.3 Å². The third-order valence-corrected chi connectivity index (χ3v) is 4.03. The van der Waals surface area contributed by atoms with Crippen molar-refractivity contribution in [2.45, 2.75) is 0 Å². The highest BCUT2D eigenvalue weighted by Crippen LogP contribution is 2.28. The van der Waals surface area contributed by atoms with Crippen molar-refractivity contribution in [1.82, 2.24) is 9.97 Å². The predicted molar refractivity (Wildman–Crippen MR) is 102 cm³/mol. The lowest BCUT2D eigenvalue weighted by molar-refractivity contribution is 0.0988. The van der Waals surface area contributed by atoms with Gasteiger partial charge in [-0.15, -0.1) is 0 Å². The smallest absolute Gasteiger partial charge is 0.276 e. The SMILES string of the molecule is COc1ccc(Nc2nccc(C(=O)N(C)c3ccccc3)n2)cc1Cl. The van der Waals surface area contributed by atoms with Crippen LogP contribution in [0.4, 0.5) is 17.3 Å². The Hall–Kier alpha value is -3.12. The number of methoxy groups -OCH3 is 1. The first-order valence-electron chi connectivity index (χ1n) is 7.85. The molecule has 1 aromatic heterocycles. The molecule has 6 nitrogen and oxygen atoms in total. The number of amides is 1. The van der Waals surface area contributed by atoms with E-state index in [1.807, 2.05) is 30.3 Å². The van der Waals surface area contributed by atoms with Gasteiger partial charge >= 0.3 is 0 Å². The second-order valence-corrected chi connectivity index (χ2v) is 5.85. The van der Waals surface area contributed by atoms with Gasteiger partial charge in [0.25, 0.3) is 5.91 Å².